The van der Waals surface area contributed by atoms with Gasteiger partial charge in [0.15, 0.2) is 11.5 Å². The molecule has 0 aliphatic rings. The molecule has 0 amide bonds. The summed E-state index contributed by atoms with van der Waals surface area (Å²) in [6.07, 6.45) is 9.91. The quantitative estimate of drug-likeness (QED) is 0.144. The van der Waals surface area contributed by atoms with E-state index in [1.54, 1.807) is 54.6 Å². The van der Waals surface area contributed by atoms with Crippen LogP contribution in [0.4, 0.5) is 0 Å². The number of hydrogen-bond donors (Lipinski definition) is 1. The Morgan fingerprint density at radius 1 is 0.667 bits per heavy atom. The number of phenols is 1. The van der Waals surface area contributed by atoms with Crippen molar-refractivity contribution >= 4 is 11.9 Å². The van der Waals surface area contributed by atoms with Gasteiger partial charge in [-0.3, -0.25) is 0 Å². The van der Waals surface area contributed by atoms with Gasteiger partial charge in [-0.2, -0.15) is 0 Å². The molecule has 3 aromatic carbocycles. The van der Waals surface area contributed by atoms with Gasteiger partial charge in [-0.05, 0) is 55.0 Å². The van der Waals surface area contributed by atoms with Crippen molar-refractivity contribution in [3.05, 3.63) is 83.9 Å². The first-order valence-electron chi connectivity index (χ1n) is 12.6. The summed E-state index contributed by atoms with van der Waals surface area (Å²) in [5, 5.41) is 9.82. The lowest BCUT2D eigenvalue weighted by Gasteiger charge is -2.11. The second kappa shape index (κ2) is 14.6. The maximum Gasteiger partial charge on any atom is 0.343 e. The van der Waals surface area contributed by atoms with E-state index < -0.39 is 11.9 Å². The molecule has 0 aliphatic heterocycles. The number of benzene rings is 3. The molecule has 0 aromatic heterocycles. The molecule has 0 atom stereocenters. The Labute approximate surface area is 212 Å². The lowest BCUT2D eigenvalue weighted by atomic mass is 10.1. The first-order valence-corrected chi connectivity index (χ1v) is 12.6. The van der Waals surface area contributed by atoms with Crippen molar-refractivity contribution in [1.82, 2.24) is 0 Å². The van der Waals surface area contributed by atoms with Gasteiger partial charge in [0.1, 0.15) is 11.5 Å². The Bertz CT molecular complexity index is 1090. The molecular formula is C30H34O6. The average molecular weight is 491 g/mol. The summed E-state index contributed by atoms with van der Waals surface area (Å²) in [6, 6.07) is 19.1. The van der Waals surface area contributed by atoms with Crippen LogP contribution < -0.4 is 14.2 Å². The normalized spacial score (nSPS) is 10.6. The summed E-state index contributed by atoms with van der Waals surface area (Å²) in [5.41, 5.74) is 0.656. The van der Waals surface area contributed by atoms with Crippen LogP contribution in [-0.4, -0.2) is 23.7 Å². The van der Waals surface area contributed by atoms with E-state index >= 15 is 0 Å². The van der Waals surface area contributed by atoms with Crippen LogP contribution in [0.1, 0.15) is 79.0 Å². The highest BCUT2D eigenvalue weighted by Crippen LogP contribution is 2.32. The number of rotatable bonds is 14. The zero-order valence-corrected chi connectivity index (χ0v) is 20.8. The van der Waals surface area contributed by atoms with Gasteiger partial charge in [0.05, 0.1) is 17.7 Å². The number of carbonyl (C=O) groups is 2. The summed E-state index contributed by atoms with van der Waals surface area (Å²) in [5.74, 6) is -0.705. The molecule has 0 saturated carbocycles. The average Bonchev–Trinajstić information content (AvgIpc) is 2.90. The third-order valence-electron chi connectivity index (χ3n) is 5.70. The summed E-state index contributed by atoms with van der Waals surface area (Å²) in [4.78, 5) is 25.1. The number of unbranched alkanes of at least 4 members (excludes halogenated alkanes) is 7. The zero-order valence-electron chi connectivity index (χ0n) is 20.8. The largest absolute Gasteiger partial charge is 0.508 e. The van der Waals surface area contributed by atoms with Crippen LogP contribution in [0.25, 0.3) is 0 Å². The van der Waals surface area contributed by atoms with Crippen LogP contribution in [-0.2, 0) is 0 Å². The predicted molar refractivity (Wildman–Crippen MR) is 139 cm³/mol. The fraction of sp³-hybridized carbons (Fsp3) is 0.333. The molecule has 6 nitrogen and oxygen atoms in total. The molecule has 3 aromatic rings. The molecule has 0 heterocycles. The highest BCUT2D eigenvalue weighted by Gasteiger charge is 2.17. The van der Waals surface area contributed by atoms with Crippen molar-refractivity contribution in [2.24, 2.45) is 0 Å². The summed E-state index contributed by atoms with van der Waals surface area (Å²) < 4.78 is 16.6. The Kier molecular flexibility index (Phi) is 10.8. The Morgan fingerprint density at radius 3 is 1.92 bits per heavy atom. The number of hydrogen-bond acceptors (Lipinski definition) is 6. The highest BCUT2D eigenvalue weighted by molar-refractivity contribution is 5.93. The van der Waals surface area contributed by atoms with Crippen molar-refractivity contribution in [1.29, 1.82) is 0 Å². The van der Waals surface area contributed by atoms with E-state index in [1.165, 1.54) is 56.7 Å². The van der Waals surface area contributed by atoms with E-state index in [2.05, 4.69) is 6.92 Å². The number of aromatic hydroxyl groups is 1. The number of carbonyl (C=O) groups excluding carboxylic acids is 2. The molecule has 0 fully saturated rings. The minimum Gasteiger partial charge on any atom is -0.508 e. The third-order valence-corrected chi connectivity index (χ3v) is 5.70. The molecule has 0 aliphatic carbocycles. The summed E-state index contributed by atoms with van der Waals surface area (Å²) >= 11 is 0. The number of ether oxygens (including phenoxy) is 3. The molecule has 0 unspecified atom stereocenters. The lowest BCUT2D eigenvalue weighted by molar-refractivity contribution is 0.0682. The molecular weight excluding hydrogens is 456 g/mol. The van der Waals surface area contributed by atoms with E-state index in [0.29, 0.717) is 23.5 Å². The van der Waals surface area contributed by atoms with E-state index in [1.807, 2.05) is 0 Å². The SMILES string of the molecule is CCCCCCCCCCOc1ccc(C(=O)Oc2ccc(O)cc2OC(=O)c2ccccc2)cc1. The van der Waals surface area contributed by atoms with Gasteiger partial charge < -0.3 is 19.3 Å². The number of phenolic OH excluding ortho intramolecular Hbond substituents is 1. The van der Waals surface area contributed by atoms with E-state index in [9.17, 15) is 14.7 Å². The second-order valence-corrected chi connectivity index (χ2v) is 8.62. The zero-order chi connectivity index (χ0) is 25.6. The van der Waals surface area contributed by atoms with Gasteiger partial charge in [0.2, 0.25) is 0 Å². The Hall–Kier alpha value is -3.80. The summed E-state index contributed by atoms with van der Waals surface area (Å²) in [7, 11) is 0. The molecule has 0 radical (unpaired) electrons. The van der Waals surface area contributed by atoms with Crippen LogP contribution in [0, 0.1) is 0 Å². The first kappa shape index (κ1) is 26.8. The Balaban J connectivity index is 1.49. The molecule has 0 bridgehead atoms. The fourth-order valence-electron chi connectivity index (χ4n) is 3.67. The third kappa shape index (κ3) is 8.77. The van der Waals surface area contributed by atoms with Crippen molar-refractivity contribution in [2.75, 3.05) is 6.61 Å². The predicted octanol–water partition coefficient (Wildman–Crippen LogP) is 7.35. The van der Waals surface area contributed by atoms with Crippen molar-refractivity contribution in [3.63, 3.8) is 0 Å². The topological polar surface area (TPSA) is 82.1 Å². The minimum absolute atomic E-state index is 0.0251. The molecule has 6 heteroatoms. The maximum atomic E-state index is 12.7. The summed E-state index contributed by atoms with van der Waals surface area (Å²) in [6.45, 7) is 2.87. The molecule has 0 spiro atoms. The molecule has 3 rings (SSSR count). The standard InChI is InChI=1S/C30H34O6/c1-2-3-4-5-6-7-8-12-21-34-26-18-15-24(16-19-26)30(33)35-27-20-17-25(31)22-28(27)36-29(32)23-13-10-9-11-14-23/h9-11,13-20,22,31H,2-8,12,21H2,1H3. The first-order chi connectivity index (χ1) is 17.6. The monoisotopic (exact) mass is 490 g/mol. The molecule has 1 N–H and O–H groups in total. The maximum absolute atomic E-state index is 12.7. The van der Waals surface area contributed by atoms with Crippen LogP contribution in [0.2, 0.25) is 0 Å². The number of esters is 2. The van der Waals surface area contributed by atoms with Crippen LogP contribution in [0.3, 0.4) is 0 Å². The Morgan fingerprint density at radius 2 is 1.25 bits per heavy atom. The van der Waals surface area contributed by atoms with E-state index in [4.69, 9.17) is 14.2 Å². The van der Waals surface area contributed by atoms with Gasteiger partial charge in [-0.15, -0.1) is 0 Å². The van der Waals surface area contributed by atoms with Gasteiger partial charge in [0.25, 0.3) is 0 Å². The fourth-order valence-corrected chi connectivity index (χ4v) is 3.67. The smallest absolute Gasteiger partial charge is 0.343 e. The minimum atomic E-state index is -0.628. The van der Waals surface area contributed by atoms with Gasteiger partial charge in [-0.1, -0.05) is 70.1 Å². The highest BCUT2D eigenvalue weighted by atomic mass is 16.6. The lowest BCUT2D eigenvalue weighted by Crippen LogP contribution is -2.12. The van der Waals surface area contributed by atoms with E-state index in [-0.39, 0.29) is 17.2 Å². The van der Waals surface area contributed by atoms with Crippen molar-refractivity contribution < 1.29 is 28.9 Å². The molecule has 190 valence electrons. The van der Waals surface area contributed by atoms with Crippen LogP contribution in [0.5, 0.6) is 23.0 Å². The van der Waals surface area contributed by atoms with E-state index in [0.717, 1.165) is 12.8 Å². The second-order valence-electron chi connectivity index (χ2n) is 8.62. The van der Waals surface area contributed by atoms with Crippen molar-refractivity contribution in [3.8, 4) is 23.0 Å². The molecule has 36 heavy (non-hydrogen) atoms. The van der Waals surface area contributed by atoms with Crippen LogP contribution >= 0.6 is 0 Å². The van der Waals surface area contributed by atoms with Gasteiger partial charge in [-0.25, -0.2) is 9.59 Å². The van der Waals surface area contributed by atoms with Gasteiger partial charge in [0, 0.05) is 6.07 Å². The van der Waals surface area contributed by atoms with Crippen LogP contribution in [0.15, 0.2) is 72.8 Å². The van der Waals surface area contributed by atoms with Gasteiger partial charge >= 0.3 is 11.9 Å². The van der Waals surface area contributed by atoms with Crippen molar-refractivity contribution in [2.45, 2.75) is 58.3 Å². The molecule has 0 saturated heterocycles.